The van der Waals surface area contributed by atoms with Crippen LogP contribution in [0.15, 0.2) is 18.2 Å². The summed E-state index contributed by atoms with van der Waals surface area (Å²) < 4.78 is 48.9. The van der Waals surface area contributed by atoms with E-state index < -0.39 is 44.8 Å². The summed E-state index contributed by atoms with van der Waals surface area (Å²) in [5, 5.41) is 5.11. The van der Waals surface area contributed by atoms with Crippen molar-refractivity contribution in [1.82, 2.24) is 14.9 Å². The Morgan fingerprint density at radius 3 is 2.03 bits per heavy atom. The SMILES string of the molecule is COc1cc(OC)nc(-c2c(N(C(N)=O)S(N)(=O)=O)ccc(F)c2C(=O)N(C)C)n1. The van der Waals surface area contributed by atoms with Crippen molar-refractivity contribution in [3.63, 3.8) is 0 Å². The van der Waals surface area contributed by atoms with E-state index >= 15 is 0 Å². The molecule has 0 saturated carbocycles. The van der Waals surface area contributed by atoms with Gasteiger partial charge in [-0.1, -0.05) is 0 Å². The van der Waals surface area contributed by atoms with Gasteiger partial charge in [0.25, 0.3) is 5.91 Å². The molecule has 2 aromatic rings. The van der Waals surface area contributed by atoms with Crippen LogP contribution in [-0.4, -0.2) is 63.5 Å². The first kappa shape index (κ1) is 22.8. The highest BCUT2D eigenvalue weighted by atomic mass is 32.2. The van der Waals surface area contributed by atoms with Crippen LogP contribution in [0.5, 0.6) is 11.8 Å². The molecular weight excluding hydrogens is 423 g/mol. The fourth-order valence-electron chi connectivity index (χ4n) is 2.50. The molecule has 0 aliphatic rings. The number of rotatable bonds is 6. The number of nitrogens with zero attached hydrogens (tertiary/aromatic N) is 4. The van der Waals surface area contributed by atoms with Gasteiger partial charge < -0.3 is 20.1 Å². The summed E-state index contributed by atoms with van der Waals surface area (Å²) in [5.41, 5.74) is 3.57. The standard InChI is InChI=1S/C16H19FN6O6S/c1-22(2)15(24)12-8(17)5-6-9(23(16(18)25)30(19,26)27)13(12)14-20-10(28-3)7-11(21-14)29-4/h5-7H,1-4H3,(H2,18,25)(H2,19,26,27). The molecule has 0 saturated heterocycles. The van der Waals surface area contributed by atoms with Gasteiger partial charge in [-0.05, 0) is 12.1 Å². The molecule has 3 amide bonds. The second-order valence-corrected chi connectivity index (χ2v) is 7.34. The van der Waals surface area contributed by atoms with Crippen molar-refractivity contribution in [2.24, 2.45) is 10.9 Å². The van der Waals surface area contributed by atoms with Crippen LogP contribution in [0.2, 0.25) is 0 Å². The second-order valence-electron chi connectivity index (χ2n) is 5.94. The molecule has 14 heteroatoms. The maximum absolute atomic E-state index is 14.8. The lowest BCUT2D eigenvalue weighted by molar-refractivity contribution is 0.0823. The summed E-state index contributed by atoms with van der Waals surface area (Å²) in [5.74, 6) is -2.36. The number of hydrogen-bond acceptors (Lipinski definition) is 8. The highest BCUT2D eigenvalue weighted by Crippen LogP contribution is 2.37. The predicted octanol–water partition coefficient (Wildman–Crippen LogP) is 0.0903. The van der Waals surface area contributed by atoms with E-state index in [1.165, 1.54) is 34.4 Å². The van der Waals surface area contributed by atoms with E-state index in [4.69, 9.17) is 20.3 Å². The number of methoxy groups -OCH3 is 2. The summed E-state index contributed by atoms with van der Waals surface area (Å²) in [7, 11) is 0.490. The van der Waals surface area contributed by atoms with E-state index in [1.54, 1.807) is 0 Å². The molecule has 1 aromatic carbocycles. The molecule has 0 atom stereocenters. The first-order valence-corrected chi connectivity index (χ1v) is 9.56. The quantitative estimate of drug-likeness (QED) is 0.633. The summed E-state index contributed by atoms with van der Waals surface area (Å²) in [4.78, 5) is 33.7. The minimum atomic E-state index is -4.76. The van der Waals surface area contributed by atoms with Gasteiger partial charge in [0.05, 0.1) is 37.1 Å². The zero-order chi connectivity index (χ0) is 22.8. The molecule has 1 heterocycles. The van der Waals surface area contributed by atoms with Gasteiger partial charge in [0.2, 0.25) is 11.8 Å². The minimum absolute atomic E-state index is 0.00350. The number of anilines is 1. The number of hydrogen-bond donors (Lipinski definition) is 2. The Morgan fingerprint density at radius 1 is 1.10 bits per heavy atom. The number of aromatic nitrogens is 2. The van der Waals surface area contributed by atoms with Crippen LogP contribution in [0.4, 0.5) is 14.9 Å². The number of amides is 3. The maximum Gasteiger partial charge on any atom is 0.334 e. The van der Waals surface area contributed by atoms with Gasteiger partial charge in [0.1, 0.15) is 5.82 Å². The molecule has 4 N–H and O–H groups in total. The molecule has 0 aliphatic carbocycles. The highest BCUT2D eigenvalue weighted by molar-refractivity contribution is 7.91. The number of urea groups is 1. The van der Waals surface area contributed by atoms with Crippen LogP contribution in [0.1, 0.15) is 10.4 Å². The van der Waals surface area contributed by atoms with Crippen molar-refractivity contribution in [2.75, 3.05) is 32.6 Å². The fraction of sp³-hybridized carbons (Fsp3) is 0.250. The number of carbonyl (C=O) groups excluding carboxylic acids is 2. The van der Waals surface area contributed by atoms with Gasteiger partial charge >= 0.3 is 16.2 Å². The molecule has 0 bridgehead atoms. The Bertz CT molecular complexity index is 1090. The van der Waals surface area contributed by atoms with Gasteiger partial charge in [-0.2, -0.15) is 22.7 Å². The molecule has 2 rings (SSSR count). The maximum atomic E-state index is 14.8. The Balaban J connectivity index is 3.06. The lowest BCUT2D eigenvalue weighted by Crippen LogP contribution is -2.45. The van der Waals surface area contributed by atoms with Crippen LogP contribution in [-0.2, 0) is 10.2 Å². The summed E-state index contributed by atoms with van der Waals surface area (Å²) in [6.45, 7) is 0. The van der Waals surface area contributed by atoms with Crippen LogP contribution in [0, 0.1) is 5.82 Å². The number of carbonyl (C=O) groups is 2. The van der Waals surface area contributed by atoms with Gasteiger partial charge in [0.15, 0.2) is 5.82 Å². The van der Waals surface area contributed by atoms with Gasteiger partial charge in [-0.15, -0.1) is 0 Å². The monoisotopic (exact) mass is 442 g/mol. The van der Waals surface area contributed by atoms with Crippen LogP contribution in [0.3, 0.4) is 0 Å². The third-order valence-corrected chi connectivity index (χ3v) is 4.63. The Morgan fingerprint density at radius 2 is 1.63 bits per heavy atom. The average molecular weight is 442 g/mol. The van der Waals surface area contributed by atoms with Crippen molar-refractivity contribution in [3.05, 3.63) is 29.6 Å². The van der Waals surface area contributed by atoms with E-state index in [1.807, 2.05) is 0 Å². The third-order valence-electron chi connectivity index (χ3n) is 3.75. The van der Waals surface area contributed by atoms with E-state index in [9.17, 15) is 22.4 Å². The van der Waals surface area contributed by atoms with E-state index in [0.29, 0.717) is 0 Å². The zero-order valence-electron chi connectivity index (χ0n) is 16.4. The molecule has 0 radical (unpaired) electrons. The molecule has 1 aromatic heterocycles. The molecule has 30 heavy (non-hydrogen) atoms. The molecule has 12 nitrogen and oxygen atoms in total. The van der Waals surface area contributed by atoms with Crippen LogP contribution < -0.4 is 24.7 Å². The predicted molar refractivity (Wildman–Crippen MR) is 104 cm³/mol. The number of ether oxygens (including phenoxy) is 2. The van der Waals surface area contributed by atoms with E-state index in [-0.39, 0.29) is 21.9 Å². The second kappa shape index (κ2) is 8.46. The van der Waals surface area contributed by atoms with Crippen molar-refractivity contribution in [2.45, 2.75) is 0 Å². The Labute approximate surface area is 171 Å². The normalized spacial score (nSPS) is 11.0. The minimum Gasteiger partial charge on any atom is -0.481 e. The Hall–Kier alpha value is -3.52. The molecule has 0 unspecified atom stereocenters. The smallest absolute Gasteiger partial charge is 0.334 e. The molecule has 0 spiro atoms. The first-order chi connectivity index (χ1) is 13.9. The van der Waals surface area contributed by atoms with E-state index in [0.717, 1.165) is 17.0 Å². The zero-order valence-corrected chi connectivity index (χ0v) is 17.2. The number of nitrogens with two attached hydrogens (primary N) is 2. The third kappa shape index (κ3) is 4.38. The molecule has 162 valence electrons. The average Bonchev–Trinajstić information content (AvgIpc) is 2.66. The van der Waals surface area contributed by atoms with Crippen molar-refractivity contribution in [3.8, 4) is 23.1 Å². The summed E-state index contributed by atoms with van der Waals surface area (Å²) in [6.07, 6.45) is 0. The fourth-order valence-corrected chi connectivity index (χ4v) is 3.18. The van der Waals surface area contributed by atoms with Gasteiger partial charge in [-0.25, -0.2) is 14.3 Å². The summed E-state index contributed by atoms with van der Waals surface area (Å²) >= 11 is 0. The van der Waals surface area contributed by atoms with Gasteiger partial charge in [-0.3, -0.25) is 4.79 Å². The number of halogens is 1. The van der Waals surface area contributed by atoms with Crippen LogP contribution in [0.25, 0.3) is 11.4 Å². The highest BCUT2D eigenvalue weighted by Gasteiger charge is 2.33. The summed E-state index contributed by atoms with van der Waals surface area (Å²) in [6, 6.07) is 1.49. The van der Waals surface area contributed by atoms with Gasteiger partial charge in [0, 0.05) is 14.1 Å². The molecule has 0 aliphatic heterocycles. The van der Waals surface area contributed by atoms with Crippen LogP contribution >= 0.6 is 0 Å². The Kier molecular flexibility index (Phi) is 6.42. The topological polar surface area (TPSA) is 171 Å². The van der Waals surface area contributed by atoms with Crippen molar-refractivity contribution in [1.29, 1.82) is 0 Å². The molecular formula is C16H19FN6O6S. The lowest BCUT2D eigenvalue weighted by Gasteiger charge is -2.23. The largest absolute Gasteiger partial charge is 0.481 e. The molecule has 0 fully saturated rings. The first-order valence-electron chi connectivity index (χ1n) is 8.06. The number of benzene rings is 1. The number of primary amides is 1. The van der Waals surface area contributed by atoms with E-state index in [2.05, 4.69) is 9.97 Å². The lowest BCUT2D eigenvalue weighted by atomic mass is 10.0. The van der Waals surface area contributed by atoms with Crippen molar-refractivity contribution < 1.29 is 31.9 Å². The van der Waals surface area contributed by atoms with Crippen molar-refractivity contribution >= 4 is 27.8 Å².